The van der Waals surface area contributed by atoms with Crippen molar-refractivity contribution in [1.29, 1.82) is 0 Å². The number of aldehydes is 1. The number of likely N-dealkylation sites (tertiary alicyclic amines) is 1. The molecular weight excluding hydrogens is 634 g/mol. The number of nitrogens with zero attached hydrogens (tertiary/aromatic N) is 6. The van der Waals surface area contributed by atoms with Crippen LogP contribution in [0.1, 0.15) is 24.1 Å². The number of hydrogen-bond donors (Lipinski definition) is 2. The topological polar surface area (TPSA) is 134 Å². The van der Waals surface area contributed by atoms with Crippen molar-refractivity contribution in [3.8, 4) is 23.1 Å². The summed E-state index contributed by atoms with van der Waals surface area (Å²) in [5.74, 6) is -0.195. The van der Waals surface area contributed by atoms with Crippen molar-refractivity contribution in [2.75, 3.05) is 39.6 Å². The van der Waals surface area contributed by atoms with E-state index in [1.807, 2.05) is 12.1 Å². The summed E-state index contributed by atoms with van der Waals surface area (Å²) in [5.41, 5.74) is 9.41. The fraction of sp³-hybridized carbons (Fsp3) is 0.273. The minimum atomic E-state index is -0.651. The SMILES string of the molecule is C=CC=O.C[N-]c1cc(OC)c(NC2CCN(C)CC2)cc1C(N)=Nc1ccc(Oc2ccn(-c3cnc(C)c(F)c3)n2)c(F)c1.[K+]. The number of anilines is 1. The number of halogens is 2. The molecule has 11 nitrogen and oxygen atoms in total. The molecule has 242 valence electrons. The van der Waals surface area contributed by atoms with Gasteiger partial charge in [0.15, 0.2) is 11.6 Å². The zero-order valence-electron chi connectivity index (χ0n) is 27.2. The Kier molecular flexibility index (Phi) is 14.5. The first kappa shape index (κ1) is 37.8. The van der Waals surface area contributed by atoms with Gasteiger partial charge in [0.2, 0.25) is 5.88 Å². The van der Waals surface area contributed by atoms with E-state index in [9.17, 15) is 4.39 Å². The van der Waals surface area contributed by atoms with Gasteiger partial charge in [-0.25, -0.2) is 18.5 Å². The first-order valence-electron chi connectivity index (χ1n) is 14.5. The number of carbonyl (C=O) groups is 1. The van der Waals surface area contributed by atoms with Crippen LogP contribution in [0.2, 0.25) is 0 Å². The van der Waals surface area contributed by atoms with Crippen LogP contribution in [0.4, 0.5) is 25.8 Å². The normalized spacial score (nSPS) is 13.4. The quantitative estimate of drug-likeness (QED) is 0.0865. The van der Waals surface area contributed by atoms with Crippen LogP contribution in [0.3, 0.4) is 0 Å². The number of aromatic nitrogens is 3. The standard InChI is InChI=1S/C30H33F2N8O2.C3H4O.K/c1-18-23(31)14-21(17-35-18)40-12-9-29(38-40)42-27-6-5-20(13-24(27)32)37-30(33)22-15-26(28(41-4)16-25(22)34-2)36-19-7-10-39(3)11-8-19;1-2-3-4;/h5-6,9,12-17,19,36H,7-8,10-11H2,1-4H3,(H2,33,37);2-3H,1H2;/q-1;;+1. The molecule has 4 aromatic rings. The summed E-state index contributed by atoms with van der Waals surface area (Å²) < 4.78 is 41.6. The van der Waals surface area contributed by atoms with E-state index in [0.29, 0.717) is 40.7 Å². The number of amidine groups is 1. The molecule has 0 unspecified atom stereocenters. The zero-order chi connectivity index (χ0) is 33.2. The number of piperidine rings is 1. The molecule has 0 atom stereocenters. The van der Waals surface area contributed by atoms with E-state index in [1.54, 1.807) is 33.3 Å². The molecule has 47 heavy (non-hydrogen) atoms. The maximum Gasteiger partial charge on any atom is 1.00 e. The Bertz CT molecular complexity index is 1700. The van der Waals surface area contributed by atoms with Crippen LogP contribution >= 0.6 is 0 Å². The van der Waals surface area contributed by atoms with Crippen molar-refractivity contribution in [2.24, 2.45) is 10.7 Å². The molecular formula is C33H37F2KN8O3. The van der Waals surface area contributed by atoms with Gasteiger partial charge in [0.05, 0.1) is 36.1 Å². The maximum atomic E-state index is 15.0. The molecule has 3 heterocycles. The van der Waals surface area contributed by atoms with Gasteiger partial charge in [0.1, 0.15) is 23.7 Å². The van der Waals surface area contributed by atoms with Crippen LogP contribution in [-0.2, 0) is 4.79 Å². The van der Waals surface area contributed by atoms with Gasteiger partial charge < -0.3 is 30.7 Å². The molecule has 0 aliphatic carbocycles. The number of aliphatic imine (C=N–C) groups is 1. The molecule has 0 spiro atoms. The Hall–Kier alpha value is -3.66. The van der Waals surface area contributed by atoms with Crippen molar-refractivity contribution >= 4 is 29.2 Å². The molecule has 1 fully saturated rings. The Morgan fingerprint density at radius 1 is 1.15 bits per heavy atom. The molecule has 1 aliphatic rings. The first-order valence-corrected chi connectivity index (χ1v) is 14.5. The average molecular weight is 671 g/mol. The van der Waals surface area contributed by atoms with E-state index in [4.69, 9.17) is 20.0 Å². The Balaban J connectivity index is 0.00000114. The number of ether oxygens (including phenoxy) is 2. The number of carbonyl (C=O) groups excluding carboxylic acids is 1. The molecule has 14 heteroatoms. The van der Waals surface area contributed by atoms with Crippen LogP contribution < -0.4 is 71.9 Å². The number of rotatable bonds is 10. The van der Waals surface area contributed by atoms with Crippen molar-refractivity contribution in [3.05, 3.63) is 95.7 Å². The number of hydrogen-bond acceptors (Lipinski definition) is 8. The maximum absolute atomic E-state index is 15.0. The first-order chi connectivity index (χ1) is 22.1. The number of allylic oxidation sites excluding steroid dienone is 1. The van der Waals surface area contributed by atoms with Crippen LogP contribution in [0.5, 0.6) is 17.4 Å². The van der Waals surface area contributed by atoms with Crippen molar-refractivity contribution in [2.45, 2.75) is 25.8 Å². The van der Waals surface area contributed by atoms with E-state index < -0.39 is 11.6 Å². The van der Waals surface area contributed by atoms with Crippen LogP contribution in [0, 0.1) is 18.6 Å². The average Bonchev–Trinajstić information content (AvgIpc) is 3.53. The second kappa shape index (κ2) is 18.0. The third kappa shape index (κ3) is 10.2. The van der Waals surface area contributed by atoms with Gasteiger partial charge in [-0.1, -0.05) is 6.58 Å². The van der Waals surface area contributed by atoms with Gasteiger partial charge in [-0.3, -0.25) is 9.78 Å². The number of pyridine rings is 1. The largest absolute Gasteiger partial charge is 1.00 e. The second-order valence-corrected chi connectivity index (χ2v) is 10.5. The predicted octanol–water partition coefficient (Wildman–Crippen LogP) is 3.21. The summed E-state index contributed by atoms with van der Waals surface area (Å²) in [5, 5.41) is 12.2. The van der Waals surface area contributed by atoms with Crippen LogP contribution in [-0.4, -0.2) is 72.1 Å². The van der Waals surface area contributed by atoms with Crippen molar-refractivity contribution in [3.63, 3.8) is 0 Å². The number of methoxy groups -OCH3 is 1. The molecule has 1 saturated heterocycles. The third-order valence-electron chi connectivity index (χ3n) is 7.23. The Morgan fingerprint density at radius 2 is 1.87 bits per heavy atom. The molecule has 1 aliphatic heterocycles. The van der Waals surface area contributed by atoms with Gasteiger partial charge in [0, 0.05) is 36.0 Å². The summed E-state index contributed by atoms with van der Waals surface area (Å²) in [6.45, 7) is 6.70. The molecule has 2 aromatic carbocycles. The molecule has 0 amide bonds. The molecule has 5 rings (SSSR count). The van der Waals surface area contributed by atoms with E-state index in [1.165, 1.54) is 41.2 Å². The smallest absolute Gasteiger partial charge is 0.686 e. The van der Waals surface area contributed by atoms with Gasteiger partial charge in [0.25, 0.3) is 0 Å². The fourth-order valence-corrected chi connectivity index (χ4v) is 4.69. The number of nitrogens with one attached hydrogen (secondary N) is 1. The van der Waals surface area contributed by atoms with Gasteiger partial charge in [-0.15, -0.1) is 17.8 Å². The van der Waals surface area contributed by atoms with Crippen LogP contribution in [0.25, 0.3) is 11.0 Å². The molecule has 0 saturated carbocycles. The van der Waals surface area contributed by atoms with Gasteiger partial charge in [-0.2, -0.15) is 0 Å². The van der Waals surface area contributed by atoms with Gasteiger partial charge in [-0.05, 0) is 70.2 Å². The van der Waals surface area contributed by atoms with Crippen LogP contribution in [0.15, 0.2) is 72.5 Å². The van der Waals surface area contributed by atoms with E-state index in [0.717, 1.165) is 31.6 Å². The predicted molar refractivity (Wildman–Crippen MR) is 175 cm³/mol. The summed E-state index contributed by atoms with van der Waals surface area (Å²) in [7, 11) is 5.39. The molecule has 0 bridgehead atoms. The minimum Gasteiger partial charge on any atom is -0.686 e. The third-order valence-corrected chi connectivity index (χ3v) is 7.23. The summed E-state index contributed by atoms with van der Waals surface area (Å²) >= 11 is 0. The van der Waals surface area contributed by atoms with Gasteiger partial charge >= 0.3 is 51.4 Å². The minimum absolute atomic E-state index is 0. The second-order valence-electron chi connectivity index (χ2n) is 10.5. The van der Waals surface area contributed by atoms with E-state index in [-0.39, 0.29) is 74.5 Å². The molecule has 0 radical (unpaired) electrons. The zero-order valence-corrected chi connectivity index (χ0v) is 30.3. The number of benzene rings is 2. The summed E-state index contributed by atoms with van der Waals surface area (Å²) in [4.78, 5) is 19.8. The summed E-state index contributed by atoms with van der Waals surface area (Å²) in [6, 6.07) is 11.1. The van der Waals surface area contributed by atoms with E-state index >= 15 is 4.39 Å². The number of aryl methyl sites for hydroxylation is 1. The Labute approximate surface area is 315 Å². The van der Waals surface area contributed by atoms with Crippen molar-refractivity contribution in [1.82, 2.24) is 19.7 Å². The molecule has 3 N–H and O–H groups in total. The fourth-order valence-electron chi connectivity index (χ4n) is 4.69. The van der Waals surface area contributed by atoms with E-state index in [2.05, 4.69) is 44.2 Å². The molecule has 2 aromatic heterocycles. The number of nitrogens with two attached hydrogens (primary N) is 1. The monoisotopic (exact) mass is 670 g/mol. The summed E-state index contributed by atoms with van der Waals surface area (Å²) in [6.07, 6.45) is 6.91. The Morgan fingerprint density at radius 3 is 2.49 bits per heavy atom. The van der Waals surface area contributed by atoms with Crippen molar-refractivity contribution < 1.29 is 74.4 Å².